The van der Waals surface area contributed by atoms with Crippen molar-refractivity contribution < 1.29 is 0 Å². The van der Waals surface area contributed by atoms with Gasteiger partial charge in [-0.15, -0.1) is 0 Å². The van der Waals surface area contributed by atoms with Crippen molar-refractivity contribution in [3.63, 3.8) is 0 Å². The molecule has 1 fully saturated rings. The summed E-state index contributed by atoms with van der Waals surface area (Å²) in [6, 6.07) is 10.8. The highest BCUT2D eigenvalue weighted by atomic mass is 15.2. The van der Waals surface area contributed by atoms with Gasteiger partial charge in [-0.2, -0.15) is 5.26 Å². The zero-order chi connectivity index (χ0) is 10.7. The molecule has 2 heteroatoms. The van der Waals surface area contributed by atoms with Crippen LogP contribution in [0.4, 0.5) is 0 Å². The van der Waals surface area contributed by atoms with Crippen molar-refractivity contribution in [1.29, 1.82) is 5.26 Å². The van der Waals surface area contributed by atoms with Gasteiger partial charge in [-0.1, -0.05) is 18.2 Å². The van der Waals surface area contributed by atoms with E-state index < -0.39 is 0 Å². The number of hydrogen-bond donors (Lipinski definition) is 0. The van der Waals surface area contributed by atoms with E-state index in [1.54, 1.807) is 0 Å². The third-order valence-electron chi connectivity index (χ3n) is 3.20. The average Bonchev–Trinajstić information content (AvgIpc) is 2.65. The van der Waals surface area contributed by atoms with Gasteiger partial charge in [0, 0.05) is 12.6 Å². The summed E-state index contributed by atoms with van der Waals surface area (Å²) in [5, 5.41) is 8.99. The number of rotatable bonds is 2. The van der Waals surface area contributed by atoms with Gasteiger partial charge in [-0.3, -0.25) is 4.90 Å². The zero-order valence-corrected chi connectivity index (χ0v) is 9.11. The predicted molar refractivity (Wildman–Crippen MR) is 60.3 cm³/mol. The van der Waals surface area contributed by atoms with Gasteiger partial charge < -0.3 is 0 Å². The molecule has 0 aromatic heterocycles. The van der Waals surface area contributed by atoms with Crippen molar-refractivity contribution in [1.82, 2.24) is 4.90 Å². The average molecular weight is 200 g/mol. The Morgan fingerprint density at radius 2 is 2.27 bits per heavy atom. The van der Waals surface area contributed by atoms with E-state index >= 15 is 0 Å². The van der Waals surface area contributed by atoms with Crippen LogP contribution in [-0.2, 0) is 6.54 Å². The predicted octanol–water partition coefficient (Wildman–Crippen LogP) is 2.54. The fourth-order valence-corrected chi connectivity index (χ4v) is 2.21. The fraction of sp³-hybridized carbons (Fsp3) is 0.462. The van der Waals surface area contributed by atoms with Gasteiger partial charge in [0.1, 0.15) is 0 Å². The lowest BCUT2D eigenvalue weighted by Crippen LogP contribution is -2.26. The summed E-state index contributed by atoms with van der Waals surface area (Å²) in [4.78, 5) is 2.45. The van der Waals surface area contributed by atoms with E-state index in [1.807, 2.05) is 18.2 Å². The maximum absolute atomic E-state index is 8.99. The van der Waals surface area contributed by atoms with Crippen molar-refractivity contribution in [2.45, 2.75) is 32.4 Å². The molecule has 0 aliphatic carbocycles. The molecule has 2 nitrogen and oxygen atoms in total. The molecule has 0 bridgehead atoms. The van der Waals surface area contributed by atoms with Crippen molar-refractivity contribution in [3.05, 3.63) is 35.4 Å². The molecule has 1 aliphatic rings. The summed E-state index contributed by atoms with van der Waals surface area (Å²) >= 11 is 0. The highest BCUT2D eigenvalue weighted by Gasteiger charge is 2.20. The third kappa shape index (κ3) is 2.19. The molecule has 1 aliphatic heterocycles. The van der Waals surface area contributed by atoms with E-state index in [-0.39, 0.29) is 0 Å². The molecule has 1 atom stereocenters. The van der Waals surface area contributed by atoms with Crippen LogP contribution in [0.2, 0.25) is 0 Å². The summed E-state index contributed by atoms with van der Waals surface area (Å²) < 4.78 is 0. The number of likely N-dealkylation sites (tertiary alicyclic amines) is 1. The molecule has 0 N–H and O–H groups in total. The molecule has 0 amide bonds. The minimum Gasteiger partial charge on any atom is -0.296 e. The van der Waals surface area contributed by atoms with Crippen LogP contribution in [-0.4, -0.2) is 17.5 Å². The summed E-state index contributed by atoms with van der Waals surface area (Å²) in [6.07, 6.45) is 2.57. The van der Waals surface area contributed by atoms with Crippen LogP contribution in [0, 0.1) is 11.3 Å². The van der Waals surface area contributed by atoms with Crippen LogP contribution in [0.3, 0.4) is 0 Å². The van der Waals surface area contributed by atoms with Gasteiger partial charge in [-0.05, 0) is 37.9 Å². The van der Waals surface area contributed by atoms with E-state index in [1.165, 1.54) is 19.4 Å². The first-order chi connectivity index (χ1) is 7.31. The summed E-state index contributed by atoms with van der Waals surface area (Å²) in [7, 11) is 0. The Morgan fingerprint density at radius 1 is 1.47 bits per heavy atom. The van der Waals surface area contributed by atoms with Crippen LogP contribution in [0.5, 0.6) is 0 Å². The van der Waals surface area contributed by atoms with Crippen molar-refractivity contribution in [3.8, 4) is 6.07 Å². The van der Waals surface area contributed by atoms with Crippen LogP contribution >= 0.6 is 0 Å². The Balaban J connectivity index is 2.14. The topological polar surface area (TPSA) is 27.0 Å². The Bertz CT molecular complexity index is 378. The lowest BCUT2D eigenvalue weighted by Gasteiger charge is -2.21. The number of nitriles is 1. The largest absolute Gasteiger partial charge is 0.296 e. The van der Waals surface area contributed by atoms with Crippen LogP contribution < -0.4 is 0 Å². The highest BCUT2D eigenvalue weighted by molar-refractivity contribution is 5.37. The molecular formula is C13H16N2. The number of nitrogens with zero attached hydrogens (tertiary/aromatic N) is 2. The van der Waals surface area contributed by atoms with E-state index in [2.05, 4.69) is 24.0 Å². The van der Waals surface area contributed by atoms with Crippen molar-refractivity contribution >= 4 is 0 Å². The normalized spacial score (nSPS) is 21.5. The van der Waals surface area contributed by atoms with E-state index in [0.717, 1.165) is 17.7 Å². The maximum Gasteiger partial charge on any atom is 0.0995 e. The summed E-state index contributed by atoms with van der Waals surface area (Å²) in [5.41, 5.74) is 1.98. The molecule has 0 saturated carbocycles. The number of hydrogen-bond acceptors (Lipinski definition) is 2. The van der Waals surface area contributed by atoms with Gasteiger partial charge >= 0.3 is 0 Å². The molecule has 1 aromatic carbocycles. The molecule has 2 rings (SSSR count). The molecule has 1 heterocycles. The Morgan fingerprint density at radius 3 is 2.93 bits per heavy atom. The highest BCUT2D eigenvalue weighted by Crippen LogP contribution is 2.20. The maximum atomic E-state index is 8.99. The first-order valence-corrected chi connectivity index (χ1v) is 5.53. The molecule has 0 spiro atoms. The van der Waals surface area contributed by atoms with Gasteiger partial charge in [-0.25, -0.2) is 0 Å². The standard InChI is InChI=1S/C13H16N2/c1-11-5-4-8-15(11)10-13-7-3-2-6-12(13)9-14/h2-3,6-7,11H,4-5,8,10H2,1H3. The lowest BCUT2D eigenvalue weighted by atomic mass is 10.1. The van der Waals surface area contributed by atoms with Crippen LogP contribution in [0.25, 0.3) is 0 Å². The van der Waals surface area contributed by atoms with Crippen LogP contribution in [0.15, 0.2) is 24.3 Å². The Kier molecular flexibility index (Phi) is 3.03. The third-order valence-corrected chi connectivity index (χ3v) is 3.20. The monoisotopic (exact) mass is 200 g/mol. The second-order valence-electron chi connectivity index (χ2n) is 4.23. The Hall–Kier alpha value is -1.33. The smallest absolute Gasteiger partial charge is 0.0995 e. The van der Waals surface area contributed by atoms with Gasteiger partial charge in [0.25, 0.3) is 0 Å². The molecule has 1 saturated heterocycles. The zero-order valence-electron chi connectivity index (χ0n) is 9.11. The van der Waals surface area contributed by atoms with E-state index in [9.17, 15) is 0 Å². The Labute approximate surface area is 91.1 Å². The summed E-state index contributed by atoms with van der Waals surface area (Å²) in [6.45, 7) is 4.35. The van der Waals surface area contributed by atoms with Gasteiger partial charge in [0.2, 0.25) is 0 Å². The van der Waals surface area contributed by atoms with Crippen LogP contribution in [0.1, 0.15) is 30.9 Å². The number of benzene rings is 1. The lowest BCUT2D eigenvalue weighted by molar-refractivity contribution is 0.260. The first kappa shape index (κ1) is 10.2. The molecule has 1 unspecified atom stereocenters. The van der Waals surface area contributed by atoms with E-state index in [0.29, 0.717) is 6.04 Å². The molecule has 15 heavy (non-hydrogen) atoms. The first-order valence-electron chi connectivity index (χ1n) is 5.53. The molecule has 1 aromatic rings. The fourth-order valence-electron chi connectivity index (χ4n) is 2.21. The SMILES string of the molecule is CC1CCCN1Cc1ccccc1C#N. The molecular weight excluding hydrogens is 184 g/mol. The second-order valence-corrected chi connectivity index (χ2v) is 4.23. The summed E-state index contributed by atoms with van der Waals surface area (Å²) in [5.74, 6) is 0. The quantitative estimate of drug-likeness (QED) is 0.733. The van der Waals surface area contributed by atoms with Gasteiger partial charge in [0.15, 0.2) is 0 Å². The second kappa shape index (κ2) is 4.46. The minimum atomic E-state index is 0.664. The molecule has 0 radical (unpaired) electrons. The van der Waals surface area contributed by atoms with E-state index in [4.69, 9.17) is 5.26 Å². The minimum absolute atomic E-state index is 0.664. The van der Waals surface area contributed by atoms with Crippen molar-refractivity contribution in [2.24, 2.45) is 0 Å². The molecule has 78 valence electrons. The van der Waals surface area contributed by atoms with Crippen molar-refractivity contribution in [2.75, 3.05) is 6.54 Å². The van der Waals surface area contributed by atoms with Gasteiger partial charge in [0.05, 0.1) is 11.6 Å².